The number of rotatable bonds is 4. The lowest BCUT2D eigenvalue weighted by molar-refractivity contribution is 0.192. The van der Waals surface area contributed by atoms with E-state index in [1.54, 1.807) is 17.6 Å². The van der Waals surface area contributed by atoms with E-state index in [-0.39, 0.29) is 6.04 Å². The third kappa shape index (κ3) is 3.41. The number of H-pyrrole nitrogens is 1. The van der Waals surface area contributed by atoms with Crippen LogP contribution in [0.5, 0.6) is 0 Å². The van der Waals surface area contributed by atoms with Gasteiger partial charge in [0.1, 0.15) is 5.82 Å². The van der Waals surface area contributed by atoms with E-state index in [1.807, 2.05) is 6.07 Å². The molecule has 1 aliphatic carbocycles. The summed E-state index contributed by atoms with van der Waals surface area (Å²) < 4.78 is 15.4. The van der Waals surface area contributed by atoms with E-state index in [4.69, 9.17) is 0 Å². The third-order valence-electron chi connectivity index (χ3n) is 6.22. The fourth-order valence-electron chi connectivity index (χ4n) is 4.62. The zero-order chi connectivity index (χ0) is 22.5. The molecule has 0 saturated carbocycles. The SMILES string of the molecule is C[C@@H](O)c1cnc2c(NC3CCc4[nH]c5ccccc5c4C3)nc(-c3cncc(F)c3)nn12. The standard InChI is InChI=1S/C24H22FN7O/c1-13(33)21-12-27-24-23(30-22(31-32(21)24)14-8-15(25)11-26-10-14)28-16-6-7-20-18(9-16)17-4-2-3-5-19(17)29-20/h2-5,8,10-13,16,29,33H,6-7,9H2,1H3,(H,28,30,31)/t13-,16?/m1/s1. The zero-order valence-corrected chi connectivity index (χ0v) is 18.0. The van der Waals surface area contributed by atoms with Crippen LogP contribution in [0.15, 0.2) is 48.9 Å². The van der Waals surface area contributed by atoms with E-state index in [1.165, 1.54) is 28.9 Å². The van der Waals surface area contributed by atoms with Gasteiger partial charge in [-0.15, -0.1) is 5.10 Å². The van der Waals surface area contributed by atoms with Crippen molar-refractivity contribution in [2.24, 2.45) is 0 Å². The second-order valence-electron chi connectivity index (χ2n) is 8.48. The van der Waals surface area contributed by atoms with Crippen LogP contribution in [0.2, 0.25) is 0 Å². The van der Waals surface area contributed by atoms with Gasteiger partial charge in [0.05, 0.1) is 24.2 Å². The highest BCUT2D eigenvalue weighted by atomic mass is 19.1. The number of para-hydroxylation sites is 1. The highest BCUT2D eigenvalue weighted by Gasteiger charge is 2.25. The van der Waals surface area contributed by atoms with Gasteiger partial charge < -0.3 is 15.4 Å². The van der Waals surface area contributed by atoms with Crippen LogP contribution in [0.3, 0.4) is 0 Å². The Labute approximate surface area is 188 Å². The number of hydrogen-bond acceptors (Lipinski definition) is 6. The molecule has 6 rings (SSSR count). The van der Waals surface area contributed by atoms with Crippen molar-refractivity contribution in [2.45, 2.75) is 38.3 Å². The topological polar surface area (TPSA) is 104 Å². The molecule has 3 N–H and O–H groups in total. The Bertz CT molecular complexity index is 1490. The molecule has 1 aromatic carbocycles. The first-order valence-electron chi connectivity index (χ1n) is 11.0. The predicted octanol–water partition coefficient (Wildman–Crippen LogP) is 3.83. The molecular formula is C24H22FN7O. The number of benzene rings is 1. The molecule has 0 radical (unpaired) electrons. The van der Waals surface area contributed by atoms with Gasteiger partial charge in [0.15, 0.2) is 17.3 Å². The number of aliphatic hydroxyl groups is 1. The van der Waals surface area contributed by atoms with Crippen LogP contribution in [-0.4, -0.2) is 40.7 Å². The highest BCUT2D eigenvalue weighted by Crippen LogP contribution is 2.31. The normalized spacial score (nSPS) is 16.8. The van der Waals surface area contributed by atoms with Gasteiger partial charge in [-0.2, -0.15) is 0 Å². The van der Waals surface area contributed by atoms with Crippen molar-refractivity contribution in [1.82, 2.24) is 29.5 Å². The molecule has 8 nitrogen and oxygen atoms in total. The average Bonchev–Trinajstić information content (AvgIpc) is 3.41. The monoisotopic (exact) mass is 443 g/mol. The first-order valence-corrected chi connectivity index (χ1v) is 11.0. The summed E-state index contributed by atoms with van der Waals surface area (Å²) in [5.41, 5.74) is 5.26. The molecule has 0 spiro atoms. The van der Waals surface area contributed by atoms with Crippen molar-refractivity contribution in [3.05, 3.63) is 71.7 Å². The quantitative estimate of drug-likeness (QED) is 0.390. The maximum absolute atomic E-state index is 13.8. The van der Waals surface area contributed by atoms with Gasteiger partial charge in [-0.05, 0) is 43.9 Å². The summed E-state index contributed by atoms with van der Waals surface area (Å²) >= 11 is 0. The molecule has 1 unspecified atom stereocenters. The molecule has 166 valence electrons. The smallest absolute Gasteiger partial charge is 0.197 e. The summed E-state index contributed by atoms with van der Waals surface area (Å²) in [4.78, 5) is 16.6. The summed E-state index contributed by atoms with van der Waals surface area (Å²) in [5.74, 6) is 0.385. The molecule has 0 bridgehead atoms. The number of aliphatic hydroxyl groups excluding tert-OH is 1. The van der Waals surface area contributed by atoms with Crippen LogP contribution in [0, 0.1) is 5.82 Å². The van der Waals surface area contributed by atoms with Gasteiger partial charge in [-0.25, -0.2) is 18.9 Å². The Morgan fingerprint density at radius 3 is 2.97 bits per heavy atom. The second-order valence-corrected chi connectivity index (χ2v) is 8.48. The molecule has 4 heterocycles. The Morgan fingerprint density at radius 2 is 2.12 bits per heavy atom. The van der Waals surface area contributed by atoms with Crippen molar-refractivity contribution in [1.29, 1.82) is 0 Å². The minimum atomic E-state index is -0.773. The van der Waals surface area contributed by atoms with Gasteiger partial charge in [-0.3, -0.25) is 4.98 Å². The van der Waals surface area contributed by atoms with Crippen molar-refractivity contribution in [3.63, 3.8) is 0 Å². The Balaban J connectivity index is 1.41. The summed E-state index contributed by atoms with van der Waals surface area (Å²) in [6.45, 7) is 1.65. The van der Waals surface area contributed by atoms with E-state index in [0.29, 0.717) is 28.5 Å². The van der Waals surface area contributed by atoms with Crippen LogP contribution in [0.25, 0.3) is 27.9 Å². The number of anilines is 1. The molecule has 0 amide bonds. The van der Waals surface area contributed by atoms with E-state index < -0.39 is 11.9 Å². The highest BCUT2D eigenvalue weighted by molar-refractivity contribution is 5.85. The predicted molar refractivity (Wildman–Crippen MR) is 122 cm³/mol. The van der Waals surface area contributed by atoms with Crippen molar-refractivity contribution >= 4 is 22.4 Å². The molecule has 2 atom stereocenters. The summed E-state index contributed by atoms with van der Waals surface area (Å²) in [6, 6.07) is 9.83. The van der Waals surface area contributed by atoms with Crippen LogP contribution < -0.4 is 5.32 Å². The van der Waals surface area contributed by atoms with E-state index in [2.05, 4.69) is 48.6 Å². The number of nitrogens with one attached hydrogen (secondary N) is 2. The molecule has 33 heavy (non-hydrogen) atoms. The lowest BCUT2D eigenvalue weighted by atomic mass is 9.91. The minimum Gasteiger partial charge on any atom is -0.387 e. The largest absolute Gasteiger partial charge is 0.387 e. The first-order chi connectivity index (χ1) is 16.1. The van der Waals surface area contributed by atoms with Crippen molar-refractivity contribution in [3.8, 4) is 11.4 Å². The Kier molecular flexibility index (Phi) is 4.58. The molecule has 0 aliphatic heterocycles. The number of pyridine rings is 1. The number of hydrogen-bond donors (Lipinski definition) is 3. The Morgan fingerprint density at radius 1 is 1.24 bits per heavy atom. The lowest BCUT2D eigenvalue weighted by Gasteiger charge is -2.24. The van der Waals surface area contributed by atoms with E-state index in [9.17, 15) is 9.50 Å². The fourth-order valence-corrected chi connectivity index (χ4v) is 4.62. The van der Waals surface area contributed by atoms with Gasteiger partial charge in [0.25, 0.3) is 0 Å². The number of aryl methyl sites for hydroxylation is 1. The van der Waals surface area contributed by atoms with E-state index >= 15 is 0 Å². The maximum Gasteiger partial charge on any atom is 0.197 e. The number of halogens is 1. The number of nitrogens with zero attached hydrogens (tertiary/aromatic N) is 5. The van der Waals surface area contributed by atoms with Crippen molar-refractivity contribution in [2.75, 3.05) is 5.32 Å². The number of imidazole rings is 1. The number of fused-ring (bicyclic) bond motifs is 4. The van der Waals surface area contributed by atoms with Crippen LogP contribution in [0.1, 0.15) is 36.4 Å². The van der Waals surface area contributed by atoms with E-state index in [0.717, 1.165) is 31.0 Å². The second kappa shape index (κ2) is 7.63. The summed E-state index contributed by atoms with van der Waals surface area (Å²) in [6.07, 6.45) is 6.17. The van der Waals surface area contributed by atoms with Crippen LogP contribution in [-0.2, 0) is 12.8 Å². The van der Waals surface area contributed by atoms with Crippen LogP contribution in [0.4, 0.5) is 10.2 Å². The average molecular weight is 443 g/mol. The summed E-state index contributed by atoms with van der Waals surface area (Å²) in [5, 5.41) is 19.5. The number of aromatic amines is 1. The van der Waals surface area contributed by atoms with Gasteiger partial charge in [0.2, 0.25) is 0 Å². The first kappa shape index (κ1) is 19.8. The fraction of sp³-hybridized carbons (Fsp3) is 0.250. The summed E-state index contributed by atoms with van der Waals surface area (Å²) in [7, 11) is 0. The van der Waals surface area contributed by atoms with Gasteiger partial charge in [-0.1, -0.05) is 18.2 Å². The molecule has 9 heteroatoms. The van der Waals surface area contributed by atoms with Crippen LogP contribution >= 0.6 is 0 Å². The molecule has 0 saturated heterocycles. The third-order valence-corrected chi connectivity index (χ3v) is 6.22. The molecule has 4 aromatic heterocycles. The molecule has 0 fully saturated rings. The molecular weight excluding hydrogens is 421 g/mol. The van der Waals surface area contributed by atoms with Gasteiger partial charge in [0, 0.05) is 34.4 Å². The molecule has 5 aromatic rings. The zero-order valence-electron chi connectivity index (χ0n) is 18.0. The van der Waals surface area contributed by atoms with Gasteiger partial charge >= 0.3 is 0 Å². The number of aromatic nitrogens is 6. The van der Waals surface area contributed by atoms with Crippen molar-refractivity contribution < 1.29 is 9.50 Å². The molecule has 1 aliphatic rings. The minimum absolute atomic E-state index is 0.139. The maximum atomic E-state index is 13.8. The lowest BCUT2D eigenvalue weighted by Crippen LogP contribution is -2.28. The Hall–Kier alpha value is -3.85.